The van der Waals surface area contributed by atoms with E-state index in [1.807, 2.05) is 32.0 Å². The fraction of sp³-hybridized carbons (Fsp3) is 0.263. The number of aromatic nitrogens is 1. The monoisotopic (exact) mass is 356 g/mol. The molecule has 0 radical (unpaired) electrons. The van der Waals surface area contributed by atoms with E-state index in [4.69, 9.17) is 0 Å². The molecule has 2 heterocycles. The van der Waals surface area contributed by atoms with Gasteiger partial charge < -0.3 is 5.32 Å². The number of thiophene rings is 1. The number of benzene rings is 1. The van der Waals surface area contributed by atoms with Gasteiger partial charge in [-0.3, -0.25) is 4.79 Å². The Morgan fingerprint density at radius 1 is 1.21 bits per heavy atom. The first-order chi connectivity index (χ1) is 11.5. The summed E-state index contributed by atoms with van der Waals surface area (Å²) in [7, 11) is 0. The molecule has 0 atom stereocenters. The highest BCUT2D eigenvalue weighted by Gasteiger charge is 2.14. The van der Waals surface area contributed by atoms with Crippen LogP contribution < -0.4 is 5.32 Å². The van der Waals surface area contributed by atoms with Gasteiger partial charge in [-0.1, -0.05) is 23.8 Å². The molecule has 1 aromatic carbocycles. The summed E-state index contributed by atoms with van der Waals surface area (Å²) < 4.78 is 0. The van der Waals surface area contributed by atoms with Crippen LogP contribution in [0.1, 0.15) is 27.4 Å². The minimum absolute atomic E-state index is 0.0464. The molecule has 1 amide bonds. The first-order valence-electron chi connectivity index (χ1n) is 7.90. The highest BCUT2D eigenvalue weighted by Crippen LogP contribution is 2.32. The minimum atomic E-state index is 0.0464. The Balaban J connectivity index is 1.67. The molecule has 0 fully saturated rings. The number of amides is 1. The summed E-state index contributed by atoms with van der Waals surface area (Å²) in [5.41, 5.74) is 4.22. The van der Waals surface area contributed by atoms with Crippen LogP contribution in [0.2, 0.25) is 0 Å². The number of thiazole rings is 1. The van der Waals surface area contributed by atoms with Crippen LogP contribution in [0.15, 0.2) is 35.7 Å². The van der Waals surface area contributed by atoms with Crippen molar-refractivity contribution in [1.29, 1.82) is 0 Å². The fourth-order valence-electron chi connectivity index (χ4n) is 2.64. The number of nitrogens with zero attached hydrogens (tertiary/aromatic N) is 1. The summed E-state index contributed by atoms with van der Waals surface area (Å²) in [4.78, 5) is 19.3. The zero-order valence-electron chi connectivity index (χ0n) is 14.1. The number of hydrogen-bond donors (Lipinski definition) is 1. The summed E-state index contributed by atoms with van der Waals surface area (Å²) in [5, 5.41) is 6.12. The third-order valence-electron chi connectivity index (χ3n) is 3.79. The third kappa shape index (κ3) is 3.91. The van der Waals surface area contributed by atoms with Gasteiger partial charge in [-0.15, -0.1) is 22.7 Å². The molecule has 5 heteroatoms. The average Bonchev–Trinajstić information content (AvgIpc) is 3.17. The molecule has 0 aliphatic heterocycles. The zero-order chi connectivity index (χ0) is 17.1. The molecule has 0 aliphatic rings. The molecule has 3 rings (SSSR count). The highest BCUT2D eigenvalue weighted by molar-refractivity contribution is 7.15. The predicted octanol–water partition coefficient (Wildman–Crippen LogP) is 5.37. The van der Waals surface area contributed by atoms with Gasteiger partial charge in [0.25, 0.3) is 0 Å². The molecule has 0 saturated carbocycles. The summed E-state index contributed by atoms with van der Waals surface area (Å²) in [6.45, 7) is 6.09. The molecular formula is C19H20N2OS2. The Hall–Kier alpha value is -1.98. The van der Waals surface area contributed by atoms with Crippen LogP contribution in [-0.2, 0) is 11.2 Å². The van der Waals surface area contributed by atoms with Crippen LogP contribution in [0.3, 0.4) is 0 Å². The fourth-order valence-corrected chi connectivity index (χ4v) is 4.39. The van der Waals surface area contributed by atoms with E-state index in [0.717, 1.165) is 28.4 Å². The number of anilines is 1. The number of nitrogens with one attached hydrogen (secondary N) is 1. The van der Waals surface area contributed by atoms with Gasteiger partial charge in [0.2, 0.25) is 5.91 Å². The van der Waals surface area contributed by atoms with E-state index >= 15 is 0 Å². The summed E-state index contributed by atoms with van der Waals surface area (Å²) in [6, 6.07) is 10.2. The number of carbonyl (C=O) groups is 1. The van der Waals surface area contributed by atoms with Gasteiger partial charge in [0.05, 0.1) is 15.6 Å². The van der Waals surface area contributed by atoms with E-state index in [1.54, 1.807) is 22.7 Å². The lowest BCUT2D eigenvalue weighted by Crippen LogP contribution is -2.13. The Kier molecular flexibility index (Phi) is 5.11. The second-order valence-electron chi connectivity index (χ2n) is 5.85. The first kappa shape index (κ1) is 16.9. The van der Waals surface area contributed by atoms with E-state index in [-0.39, 0.29) is 5.91 Å². The van der Waals surface area contributed by atoms with E-state index in [0.29, 0.717) is 6.42 Å². The van der Waals surface area contributed by atoms with Gasteiger partial charge in [0.1, 0.15) is 0 Å². The van der Waals surface area contributed by atoms with Crippen LogP contribution in [0.4, 0.5) is 5.69 Å². The predicted molar refractivity (Wildman–Crippen MR) is 103 cm³/mol. The standard InChI is InChI=1S/C19H20N2OS2/c1-12-6-7-15(13(2)11-12)21-18(22)9-8-17-19(20-14(3)24-17)16-5-4-10-23-16/h4-7,10-11H,8-9H2,1-3H3,(H,21,22). The maximum atomic E-state index is 12.3. The van der Waals surface area contributed by atoms with Gasteiger partial charge in [0, 0.05) is 17.0 Å². The summed E-state index contributed by atoms with van der Waals surface area (Å²) >= 11 is 3.37. The molecule has 24 heavy (non-hydrogen) atoms. The Bertz CT molecular complexity index is 850. The maximum Gasteiger partial charge on any atom is 0.224 e. The van der Waals surface area contributed by atoms with Gasteiger partial charge >= 0.3 is 0 Å². The van der Waals surface area contributed by atoms with Gasteiger partial charge in [-0.25, -0.2) is 4.98 Å². The van der Waals surface area contributed by atoms with Gasteiger partial charge in [0.15, 0.2) is 0 Å². The molecule has 0 bridgehead atoms. The largest absolute Gasteiger partial charge is 0.326 e. The molecule has 2 aromatic heterocycles. The molecule has 124 valence electrons. The van der Waals surface area contributed by atoms with Crippen LogP contribution in [0, 0.1) is 20.8 Å². The van der Waals surface area contributed by atoms with Crippen molar-refractivity contribution >= 4 is 34.3 Å². The third-order valence-corrected chi connectivity index (χ3v) is 5.70. The van der Waals surface area contributed by atoms with E-state index in [9.17, 15) is 4.79 Å². The van der Waals surface area contributed by atoms with Crippen molar-refractivity contribution in [1.82, 2.24) is 4.98 Å². The molecule has 0 unspecified atom stereocenters. The van der Waals surface area contributed by atoms with Crippen LogP contribution >= 0.6 is 22.7 Å². The molecule has 0 saturated heterocycles. The Morgan fingerprint density at radius 2 is 2.04 bits per heavy atom. The van der Waals surface area contributed by atoms with Crippen molar-refractivity contribution in [3.63, 3.8) is 0 Å². The molecule has 0 spiro atoms. The minimum Gasteiger partial charge on any atom is -0.326 e. The second-order valence-corrected chi connectivity index (χ2v) is 8.08. The van der Waals surface area contributed by atoms with Crippen molar-refractivity contribution in [2.24, 2.45) is 0 Å². The lowest BCUT2D eigenvalue weighted by molar-refractivity contribution is -0.116. The van der Waals surface area contributed by atoms with Crippen LogP contribution in [-0.4, -0.2) is 10.9 Å². The summed E-state index contributed by atoms with van der Waals surface area (Å²) in [6.07, 6.45) is 1.18. The lowest BCUT2D eigenvalue weighted by Gasteiger charge is -2.09. The second kappa shape index (κ2) is 7.28. The van der Waals surface area contributed by atoms with E-state index in [2.05, 4.69) is 34.7 Å². The number of aryl methyl sites for hydroxylation is 4. The number of hydrogen-bond acceptors (Lipinski definition) is 4. The number of carbonyl (C=O) groups excluding carboxylic acids is 1. The van der Waals surface area contributed by atoms with Gasteiger partial charge in [-0.2, -0.15) is 0 Å². The van der Waals surface area contributed by atoms with E-state index in [1.165, 1.54) is 15.3 Å². The maximum absolute atomic E-state index is 12.3. The highest BCUT2D eigenvalue weighted by atomic mass is 32.1. The number of rotatable bonds is 5. The van der Waals surface area contributed by atoms with E-state index < -0.39 is 0 Å². The SMILES string of the molecule is Cc1ccc(NC(=O)CCc2sc(C)nc2-c2cccs2)c(C)c1. The molecule has 3 aromatic rings. The van der Waals surface area contributed by atoms with Crippen molar-refractivity contribution in [2.75, 3.05) is 5.32 Å². The molecule has 0 aliphatic carbocycles. The molecular weight excluding hydrogens is 336 g/mol. The van der Waals surface area contributed by atoms with Crippen LogP contribution in [0.25, 0.3) is 10.6 Å². The summed E-state index contributed by atoms with van der Waals surface area (Å²) in [5.74, 6) is 0.0464. The first-order valence-corrected chi connectivity index (χ1v) is 9.60. The van der Waals surface area contributed by atoms with Crippen molar-refractivity contribution in [2.45, 2.75) is 33.6 Å². The molecule has 3 nitrogen and oxygen atoms in total. The topological polar surface area (TPSA) is 42.0 Å². The Morgan fingerprint density at radius 3 is 2.75 bits per heavy atom. The van der Waals surface area contributed by atoms with Crippen LogP contribution in [0.5, 0.6) is 0 Å². The van der Waals surface area contributed by atoms with Crippen molar-refractivity contribution in [3.05, 3.63) is 56.7 Å². The van der Waals surface area contributed by atoms with Crippen molar-refractivity contribution < 1.29 is 4.79 Å². The lowest BCUT2D eigenvalue weighted by atomic mass is 10.1. The quantitative estimate of drug-likeness (QED) is 0.668. The average molecular weight is 357 g/mol. The normalized spacial score (nSPS) is 10.8. The Labute approximate surface area is 150 Å². The smallest absolute Gasteiger partial charge is 0.224 e. The van der Waals surface area contributed by atoms with Crippen molar-refractivity contribution in [3.8, 4) is 10.6 Å². The van der Waals surface area contributed by atoms with Gasteiger partial charge in [-0.05, 0) is 50.3 Å². The molecule has 1 N–H and O–H groups in total. The zero-order valence-corrected chi connectivity index (χ0v) is 15.7.